The smallest absolute Gasteiger partial charge is 0.227 e. The van der Waals surface area contributed by atoms with E-state index in [1.807, 2.05) is 48.9 Å². The lowest BCUT2D eigenvalue weighted by atomic mass is 10.2. The van der Waals surface area contributed by atoms with Crippen molar-refractivity contribution in [2.45, 2.75) is 40.2 Å². The second-order valence-electron chi connectivity index (χ2n) is 5.91. The number of aromatic nitrogens is 4. The predicted molar refractivity (Wildman–Crippen MR) is 92.2 cm³/mol. The zero-order valence-corrected chi connectivity index (χ0v) is 14.6. The monoisotopic (exact) mass is 339 g/mol. The molecule has 3 rings (SSSR count). The SMILES string of the molecule is Cc1noc(CCC(=O)NCc2c(C)nn(-c3ccccc3)c2C)n1. The van der Waals surface area contributed by atoms with E-state index in [0.717, 1.165) is 22.6 Å². The number of nitrogens with one attached hydrogen (secondary N) is 1. The number of amides is 1. The molecule has 0 aliphatic rings. The summed E-state index contributed by atoms with van der Waals surface area (Å²) in [6, 6.07) is 9.95. The molecule has 2 aromatic heterocycles. The Morgan fingerprint density at radius 1 is 1.20 bits per heavy atom. The van der Waals surface area contributed by atoms with Crippen LogP contribution in [0.3, 0.4) is 0 Å². The molecule has 1 amide bonds. The van der Waals surface area contributed by atoms with Crippen LogP contribution in [0.15, 0.2) is 34.9 Å². The predicted octanol–water partition coefficient (Wildman–Crippen LogP) is 2.43. The van der Waals surface area contributed by atoms with Crippen molar-refractivity contribution in [1.29, 1.82) is 0 Å². The molecule has 0 aliphatic carbocycles. The van der Waals surface area contributed by atoms with Crippen LogP contribution in [0.1, 0.15) is 35.1 Å². The number of carbonyl (C=O) groups excluding carboxylic acids is 1. The maximum atomic E-state index is 12.1. The molecule has 0 spiro atoms. The van der Waals surface area contributed by atoms with Gasteiger partial charge in [-0.15, -0.1) is 0 Å². The van der Waals surface area contributed by atoms with E-state index in [2.05, 4.69) is 20.6 Å². The van der Waals surface area contributed by atoms with E-state index in [1.165, 1.54) is 0 Å². The Morgan fingerprint density at radius 3 is 2.64 bits per heavy atom. The van der Waals surface area contributed by atoms with Crippen LogP contribution in [0, 0.1) is 20.8 Å². The van der Waals surface area contributed by atoms with Gasteiger partial charge in [0, 0.05) is 30.6 Å². The average molecular weight is 339 g/mol. The topological polar surface area (TPSA) is 85.8 Å². The minimum absolute atomic E-state index is 0.0536. The van der Waals surface area contributed by atoms with E-state index in [-0.39, 0.29) is 5.91 Å². The molecule has 2 heterocycles. The number of rotatable bonds is 6. The first-order valence-electron chi connectivity index (χ1n) is 8.21. The van der Waals surface area contributed by atoms with Gasteiger partial charge in [0.25, 0.3) is 0 Å². The van der Waals surface area contributed by atoms with Crippen molar-refractivity contribution in [3.8, 4) is 5.69 Å². The number of para-hydroxylation sites is 1. The van der Waals surface area contributed by atoms with Crippen molar-refractivity contribution >= 4 is 5.91 Å². The standard InChI is InChI=1S/C18H21N5O2/c1-12-16(13(2)23(21-12)15-7-5-4-6-8-15)11-19-17(24)9-10-18-20-14(3)22-25-18/h4-8H,9-11H2,1-3H3,(H,19,24). The highest BCUT2D eigenvalue weighted by atomic mass is 16.5. The van der Waals surface area contributed by atoms with Gasteiger partial charge in [0.05, 0.1) is 11.4 Å². The normalized spacial score (nSPS) is 10.8. The molecule has 7 nitrogen and oxygen atoms in total. The fourth-order valence-corrected chi connectivity index (χ4v) is 2.69. The molecule has 0 saturated heterocycles. The summed E-state index contributed by atoms with van der Waals surface area (Å²) in [6.07, 6.45) is 0.750. The van der Waals surface area contributed by atoms with Gasteiger partial charge >= 0.3 is 0 Å². The van der Waals surface area contributed by atoms with Gasteiger partial charge < -0.3 is 9.84 Å². The minimum atomic E-state index is -0.0536. The number of hydrogen-bond acceptors (Lipinski definition) is 5. The van der Waals surface area contributed by atoms with Gasteiger partial charge in [0.2, 0.25) is 11.8 Å². The first kappa shape index (κ1) is 16.9. The maximum absolute atomic E-state index is 12.1. The van der Waals surface area contributed by atoms with Gasteiger partial charge in [-0.2, -0.15) is 10.1 Å². The van der Waals surface area contributed by atoms with Crippen LogP contribution in [-0.4, -0.2) is 25.8 Å². The Bertz CT molecular complexity index is 867. The zero-order chi connectivity index (χ0) is 17.8. The van der Waals surface area contributed by atoms with Crippen molar-refractivity contribution < 1.29 is 9.32 Å². The quantitative estimate of drug-likeness (QED) is 0.745. The molecule has 0 saturated carbocycles. The Hall–Kier alpha value is -2.96. The van der Waals surface area contributed by atoms with E-state index in [4.69, 9.17) is 4.52 Å². The molecule has 25 heavy (non-hydrogen) atoms. The summed E-state index contributed by atoms with van der Waals surface area (Å²) in [6.45, 7) is 6.17. The second kappa shape index (κ2) is 7.29. The fourth-order valence-electron chi connectivity index (χ4n) is 2.69. The third kappa shape index (κ3) is 3.93. The molecular formula is C18H21N5O2. The van der Waals surface area contributed by atoms with Gasteiger partial charge in [-0.25, -0.2) is 4.68 Å². The van der Waals surface area contributed by atoms with Crippen LogP contribution in [0.2, 0.25) is 0 Å². The van der Waals surface area contributed by atoms with Crippen LogP contribution in [0.4, 0.5) is 0 Å². The Morgan fingerprint density at radius 2 is 1.96 bits per heavy atom. The maximum Gasteiger partial charge on any atom is 0.227 e. The minimum Gasteiger partial charge on any atom is -0.352 e. The number of benzene rings is 1. The molecule has 0 bridgehead atoms. The van der Waals surface area contributed by atoms with Crippen molar-refractivity contribution in [3.05, 3.63) is 59.0 Å². The summed E-state index contributed by atoms with van der Waals surface area (Å²) in [5.41, 5.74) is 3.98. The lowest BCUT2D eigenvalue weighted by molar-refractivity contribution is -0.121. The molecule has 0 unspecified atom stereocenters. The van der Waals surface area contributed by atoms with Crippen molar-refractivity contribution in [2.24, 2.45) is 0 Å². The van der Waals surface area contributed by atoms with Crippen molar-refractivity contribution in [2.75, 3.05) is 0 Å². The van der Waals surface area contributed by atoms with Gasteiger partial charge in [-0.05, 0) is 32.9 Å². The lowest BCUT2D eigenvalue weighted by Gasteiger charge is -2.07. The summed E-state index contributed by atoms with van der Waals surface area (Å²) in [4.78, 5) is 16.2. The number of hydrogen-bond donors (Lipinski definition) is 1. The Balaban J connectivity index is 1.61. The van der Waals surface area contributed by atoms with Crippen molar-refractivity contribution in [1.82, 2.24) is 25.2 Å². The van der Waals surface area contributed by atoms with Crippen LogP contribution in [0.25, 0.3) is 5.69 Å². The van der Waals surface area contributed by atoms with E-state index in [9.17, 15) is 4.79 Å². The van der Waals surface area contributed by atoms with E-state index >= 15 is 0 Å². The molecule has 1 N–H and O–H groups in total. The lowest BCUT2D eigenvalue weighted by Crippen LogP contribution is -2.23. The average Bonchev–Trinajstić information content (AvgIpc) is 3.15. The number of nitrogens with zero attached hydrogens (tertiary/aromatic N) is 4. The van der Waals surface area contributed by atoms with E-state index in [1.54, 1.807) is 6.92 Å². The molecule has 3 aromatic rings. The Kier molecular flexibility index (Phi) is 4.92. The largest absolute Gasteiger partial charge is 0.352 e. The van der Waals surface area contributed by atoms with Crippen LogP contribution in [-0.2, 0) is 17.8 Å². The molecule has 130 valence electrons. The summed E-state index contributed by atoms with van der Waals surface area (Å²) in [7, 11) is 0. The molecule has 0 aliphatic heterocycles. The van der Waals surface area contributed by atoms with Gasteiger partial charge in [0.15, 0.2) is 5.82 Å². The van der Waals surface area contributed by atoms with Gasteiger partial charge in [0.1, 0.15) is 0 Å². The summed E-state index contributed by atoms with van der Waals surface area (Å²) in [5, 5.41) is 11.2. The number of aryl methyl sites for hydroxylation is 3. The zero-order valence-electron chi connectivity index (χ0n) is 14.6. The molecule has 0 radical (unpaired) electrons. The molecule has 0 fully saturated rings. The highest BCUT2D eigenvalue weighted by Crippen LogP contribution is 2.17. The van der Waals surface area contributed by atoms with Crippen LogP contribution < -0.4 is 5.32 Å². The van der Waals surface area contributed by atoms with E-state index < -0.39 is 0 Å². The molecule has 7 heteroatoms. The third-order valence-electron chi connectivity index (χ3n) is 4.04. The highest BCUT2D eigenvalue weighted by molar-refractivity contribution is 5.76. The highest BCUT2D eigenvalue weighted by Gasteiger charge is 2.14. The molecule has 0 atom stereocenters. The fraction of sp³-hybridized carbons (Fsp3) is 0.333. The first-order valence-corrected chi connectivity index (χ1v) is 8.21. The first-order chi connectivity index (χ1) is 12.0. The Labute approximate surface area is 146 Å². The second-order valence-corrected chi connectivity index (χ2v) is 5.91. The molecular weight excluding hydrogens is 318 g/mol. The third-order valence-corrected chi connectivity index (χ3v) is 4.04. The summed E-state index contributed by atoms with van der Waals surface area (Å²) in [5.74, 6) is 1.01. The van der Waals surface area contributed by atoms with Crippen LogP contribution in [0.5, 0.6) is 0 Å². The van der Waals surface area contributed by atoms with Crippen molar-refractivity contribution in [3.63, 3.8) is 0 Å². The summed E-state index contributed by atoms with van der Waals surface area (Å²) >= 11 is 0. The molecule has 1 aromatic carbocycles. The van der Waals surface area contributed by atoms with Crippen LogP contribution >= 0.6 is 0 Å². The van der Waals surface area contributed by atoms with E-state index in [0.29, 0.717) is 31.1 Å². The van der Waals surface area contributed by atoms with Gasteiger partial charge in [-0.1, -0.05) is 23.4 Å². The summed E-state index contributed by atoms with van der Waals surface area (Å²) < 4.78 is 6.91. The van der Waals surface area contributed by atoms with Gasteiger partial charge in [-0.3, -0.25) is 4.79 Å². The number of carbonyl (C=O) groups is 1.